The lowest BCUT2D eigenvalue weighted by molar-refractivity contribution is 0.0560. The molecule has 0 bridgehead atoms. The van der Waals surface area contributed by atoms with Crippen LogP contribution < -0.4 is 5.73 Å². The van der Waals surface area contributed by atoms with E-state index in [0.717, 1.165) is 12.8 Å². The maximum atomic E-state index is 12.1. The van der Waals surface area contributed by atoms with Gasteiger partial charge in [-0.25, -0.2) is 4.68 Å². The Kier molecular flexibility index (Phi) is 2.03. The zero-order valence-electron chi connectivity index (χ0n) is 7.03. The molecule has 0 unspecified atom stereocenters. The van der Waals surface area contributed by atoms with Gasteiger partial charge in [0.05, 0.1) is 11.7 Å². The van der Waals surface area contributed by atoms with Crippen molar-refractivity contribution in [2.24, 2.45) is 11.7 Å². The minimum absolute atomic E-state index is 0.167. The Balaban J connectivity index is 2.11. The Morgan fingerprint density at radius 1 is 1.54 bits per heavy atom. The zero-order chi connectivity index (χ0) is 9.42. The number of nitrogens with two attached hydrogens (primary N) is 1. The third-order valence-corrected chi connectivity index (χ3v) is 2.30. The second kappa shape index (κ2) is 3.06. The number of rotatable bonds is 3. The van der Waals surface area contributed by atoms with Crippen molar-refractivity contribution in [2.45, 2.75) is 25.4 Å². The van der Waals surface area contributed by atoms with E-state index >= 15 is 0 Å². The Morgan fingerprint density at radius 3 is 2.69 bits per heavy atom. The van der Waals surface area contributed by atoms with E-state index in [0.29, 0.717) is 16.3 Å². The molecule has 1 fully saturated rings. The van der Waals surface area contributed by atoms with Crippen LogP contribution in [0.1, 0.15) is 31.1 Å². The number of alkyl halides is 2. The van der Waals surface area contributed by atoms with Gasteiger partial charge >= 0.3 is 6.55 Å². The van der Waals surface area contributed by atoms with Crippen LogP contribution in [-0.2, 0) is 0 Å². The number of hydrogen-bond acceptors (Lipinski definition) is 2. The van der Waals surface area contributed by atoms with Crippen molar-refractivity contribution in [1.29, 1.82) is 0 Å². The SMILES string of the molecule is N[C@@H](c1ccn(C(F)F)n1)C1CC1. The van der Waals surface area contributed by atoms with Crippen molar-refractivity contribution < 1.29 is 8.78 Å². The number of halogens is 2. The Hall–Kier alpha value is -0.970. The van der Waals surface area contributed by atoms with Crippen LogP contribution in [0.3, 0.4) is 0 Å². The molecule has 1 atom stereocenters. The highest BCUT2D eigenvalue weighted by atomic mass is 19.3. The van der Waals surface area contributed by atoms with Gasteiger partial charge in [0.15, 0.2) is 0 Å². The average molecular weight is 187 g/mol. The van der Waals surface area contributed by atoms with E-state index in [4.69, 9.17) is 5.73 Å². The lowest BCUT2D eigenvalue weighted by Crippen LogP contribution is -2.13. The molecule has 0 saturated heterocycles. The highest BCUT2D eigenvalue weighted by Crippen LogP contribution is 2.38. The average Bonchev–Trinajstić information content (AvgIpc) is 2.81. The molecule has 0 aromatic carbocycles. The highest BCUT2D eigenvalue weighted by molar-refractivity contribution is 5.08. The number of aromatic nitrogens is 2. The third-order valence-electron chi connectivity index (χ3n) is 2.30. The van der Waals surface area contributed by atoms with Crippen molar-refractivity contribution in [3.63, 3.8) is 0 Å². The Labute approximate surface area is 74.5 Å². The number of hydrogen-bond donors (Lipinski definition) is 1. The summed E-state index contributed by atoms with van der Waals surface area (Å²) in [7, 11) is 0. The molecule has 3 nitrogen and oxygen atoms in total. The van der Waals surface area contributed by atoms with E-state index in [9.17, 15) is 8.78 Å². The van der Waals surface area contributed by atoms with Crippen LogP contribution in [0.4, 0.5) is 8.78 Å². The minimum atomic E-state index is -2.57. The molecule has 2 N–H and O–H groups in total. The first-order valence-corrected chi connectivity index (χ1v) is 4.27. The second-order valence-electron chi connectivity index (χ2n) is 3.36. The van der Waals surface area contributed by atoms with Crippen LogP contribution >= 0.6 is 0 Å². The van der Waals surface area contributed by atoms with Crippen LogP contribution in [-0.4, -0.2) is 9.78 Å². The predicted octanol–water partition coefficient (Wildman–Crippen LogP) is 1.69. The van der Waals surface area contributed by atoms with Crippen molar-refractivity contribution in [1.82, 2.24) is 9.78 Å². The summed E-state index contributed by atoms with van der Waals surface area (Å²) in [6, 6.07) is 1.40. The summed E-state index contributed by atoms with van der Waals surface area (Å²) >= 11 is 0. The maximum Gasteiger partial charge on any atom is 0.333 e. The van der Waals surface area contributed by atoms with Crippen molar-refractivity contribution >= 4 is 0 Å². The standard InChI is InChI=1S/C8H11F2N3/c9-8(10)13-4-3-6(12-13)7(11)5-1-2-5/h3-5,7-8H,1-2,11H2/t7-/m1/s1. The maximum absolute atomic E-state index is 12.1. The quantitative estimate of drug-likeness (QED) is 0.782. The van der Waals surface area contributed by atoms with Crippen LogP contribution in [0, 0.1) is 5.92 Å². The van der Waals surface area contributed by atoms with Crippen molar-refractivity contribution in [3.05, 3.63) is 18.0 Å². The van der Waals surface area contributed by atoms with Gasteiger partial charge in [-0.3, -0.25) is 0 Å². The molecule has 1 aliphatic rings. The smallest absolute Gasteiger partial charge is 0.322 e. The molecule has 5 heteroatoms. The topological polar surface area (TPSA) is 43.8 Å². The van der Waals surface area contributed by atoms with Crippen molar-refractivity contribution in [3.8, 4) is 0 Å². The van der Waals surface area contributed by atoms with Gasteiger partial charge in [0.1, 0.15) is 0 Å². The van der Waals surface area contributed by atoms with E-state index < -0.39 is 6.55 Å². The first kappa shape index (κ1) is 8.62. The summed E-state index contributed by atoms with van der Waals surface area (Å²) < 4.78 is 24.9. The molecule has 0 amide bonds. The molecule has 1 aromatic heterocycles. The highest BCUT2D eigenvalue weighted by Gasteiger charge is 2.31. The molecule has 1 heterocycles. The van der Waals surface area contributed by atoms with Crippen LogP contribution in [0.5, 0.6) is 0 Å². The summed E-state index contributed by atoms with van der Waals surface area (Å²) in [5, 5.41) is 3.71. The molecule has 1 aromatic rings. The van der Waals surface area contributed by atoms with Gasteiger partial charge in [-0.05, 0) is 24.8 Å². The third kappa shape index (κ3) is 1.70. The minimum Gasteiger partial charge on any atom is -0.322 e. The van der Waals surface area contributed by atoms with Gasteiger partial charge in [0.25, 0.3) is 0 Å². The summed E-state index contributed by atoms with van der Waals surface area (Å²) in [6.07, 6.45) is 3.44. The molecule has 2 rings (SSSR count). The lowest BCUT2D eigenvalue weighted by Gasteiger charge is -2.05. The molecular weight excluding hydrogens is 176 g/mol. The molecule has 72 valence electrons. The molecule has 1 saturated carbocycles. The zero-order valence-corrected chi connectivity index (χ0v) is 7.03. The number of nitrogens with zero attached hydrogens (tertiary/aromatic N) is 2. The summed E-state index contributed by atoms with van der Waals surface area (Å²) in [6.45, 7) is -2.57. The fourth-order valence-corrected chi connectivity index (χ4v) is 1.34. The first-order chi connectivity index (χ1) is 6.18. The Bertz CT molecular complexity index is 293. The first-order valence-electron chi connectivity index (χ1n) is 4.27. The molecule has 0 radical (unpaired) electrons. The fourth-order valence-electron chi connectivity index (χ4n) is 1.34. The van der Waals surface area contributed by atoms with Gasteiger partial charge in [0.2, 0.25) is 0 Å². The van der Waals surface area contributed by atoms with Gasteiger partial charge in [-0.1, -0.05) is 0 Å². The Morgan fingerprint density at radius 2 is 2.23 bits per heavy atom. The molecule has 13 heavy (non-hydrogen) atoms. The van der Waals surface area contributed by atoms with E-state index in [1.165, 1.54) is 6.20 Å². The molecule has 0 aliphatic heterocycles. The molecule has 1 aliphatic carbocycles. The summed E-state index contributed by atoms with van der Waals surface area (Å²) in [5.74, 6) is 0.445. The largest absolute Gasteiger partial charge is 0.333 e. The van der Waals surface area contributed by atoms with Gasteiger partial charge in [0, 0.05) is 6.20 Å². The van der Waals surface area contributed by atoms with Gasteiger partial charge in [-0.15, -0.1) is 0 Å². The van der Waals surface area contributed by atoms with Gasteiger partial charge < -0.3 is 5.73 Å². The fraction of sp³-hybridized carbons (Fsp3) is 0.625. The van der Waals surface area contributed by atoms with E-state index in [1.807, 2.05) is 0 Å². The van der Waals surface area contributed by atoms with Crippen LogP contribution in [0.15, 0.2) is 12.3 Å². The summed E-state index contributed by atoms with van der Waals surface area (Å²) in [5.41, 5.74) is 6.37. The van der Waals surface area contributed by atoms with Crippen LogP contribution in [0.2, 0.25) is 0 Å². The van der Waals surface area contributed by atoms with E-state index in [2.05, 4.69) is 5.10 Å². The lowest BCUT2D eigenvalue weighted by atomic mass is 10.1. The van der Waals surface area contributed by atoms with E-state index in [-0.39, 0.29) is 6.04 Å². The predicted molar refractivity (Wildman–Crippen MR) is 43.1 cm³/mol. The molecular formula is C8H11F2N3. The normalized spacial score (nSPS) is 19.4. The van der Waals surface area contributed by atoms with Crippen molar-refractivity contribution in [2.75, 3.05) is 0 Å². The van der Waals surface area contributed by atoms with Gasteiger partial charge in [-0.2, -0.15) is 13.9 Å². The monoisotopic (exact) mass is 187 g/mol. The summed E-state index contributed by atoms with van der Waals surface area (Å²) in [4.78, 5) is 0. The molecule has 0 spiro atoms. The van der Waals surface area contributed by atoms with Crippen LogP contribution in [0.25, 0.3) is 0 Å². The second-order valence-corrected chi connectivity index (χ2v) is 3.36. The van der Waals surface area contributed by atoms with E-state index in [1.54, 1.807) is 6.07 Å².